The van der Waals surface area contributed by atoms with Gasteiger partial charge in [0.1, 0.15) is 0 Å². The highest BCUT2D eigenvalue weighted by Crippen LogP contribution is 2.33. The van der Waals surface area contributed by atoms with E-state index in [9.17, 15) is 0 Å². The lowest BCUT2D eigenvalue weighted by molar-refractivity contribution is 0.245. The Bertz CT molecular complexity index is 372. The maximum absolute atomic E-state index is 4.33. The molecule has 1 N–H and O–H groups in total. The molecule has 0 saturated heterocycles. The molecule has 4 nitrogen and oxygen atoms in total. The fourth-order valence-electron chi connectivity index (χ4n) is 2.94. The van der Waals surface area contributed by atoms with Crippen molar-refractivity contribution < 1.29 is 0 Å². The van der Waals surface area contributed by atoms with Crippen LogP contribution in [0.3, 0.4) is 0 Å². The summed E-state index contributed by atoms with van der Waals surface area (Å²) in [6.45, 7) is 8.61. The van der Waals surface area contributed by atoms with Crippen molar-refractivity contribution in [2.75, 3.05) is 6.54 Å². The maximum Gasteiger partial charge on any atom is 0.0964 e. The predicted octanol–water partition coefficient (Wildman–Crippen LogP) is 3.17. The first-order chi connectivity index (χ1) is 9.19. The molecule has 0 spiro atoms. The highest BCUT2D eigenvalue weighted by molar-refractivity contribution is 4.93. The van der Waals surface area contributed by atoms with E-state index in [4.69, 9.17) is 0 Å². The first-order valence-corrected chi connectivity index (χ1v) is 7.80. The standard InChI is InChI=1S/C15H28N4/c1-4-13-6-5-7-15(8-13)19-11-14(17-18-19)10-16-9-12(2)3/h11-13,15-16H,4-10H2,1-3H3. The molecule has 0 aromatic carbocycles. The molecule has 2 atom stereocenters. The monoisotopic (exact) mass is 264 g/mol. The summed E-state index contributed by atoms with van der Waals surface area (Å²) in [4.78, 5) is 0. The Hall–Kier alpha value is -0.900. The Labute approximate surface area is 117 Å². The van der Waals surface area contributed by atoms with E-state index < -0.39 is 0 Å². The summed E-state index contributed by atoms with van der Waals surface area (Å²) in [5.74, 6) is 1.56. The lowest BCUT2D eigenvalue weighted by atomic mass is 9.84. The van der Waals surface area contributed by atoms with Gasteiger partial charge in [-0.3, -0.25) is 0 Å². The van der Waals surface area contributed by atoms with Crippen LogP contribution in [0.5, 0.6) is 0 Å². The Balaban J connectivity index is 1.85. The molecule has 1 aliphatic rings. The van der Waals surface area contributed by atoms with Crippen LogP contribution in [-0.4, -0.2) is 21.5 Å². The van der Waals surface area contributed by atoms with E-state index in [0.717, 1.165) is 24.7 Å². The van der Waals surface area contributed by atoms with Crippen molar-refractivity contribution in [3.63, 3.8) is 0 Å². The molecule has 1 saturated carbocycles. The molecule has 1 heterocycles. The van der Waals surface area contributed by atoms with Gasteiger partial charge in [0.15, 0.2) is 0 Å². The van der Waals surface area contributed by atoms with Gasteiger partial charge in [-0.05, 0) is 31.2 Å². The molecule has 0 aliphatic heterocycles. The Morgan fingerprint density at radius 2 is 2.26 bits per heavy atom. The van der Waals surface area contributed by atoms with Crippen molar-refractivity contribution in [3.05, 3.63) is 11.9 Å². The van der Waals surface area contributed by atoms with Crippen LogP contribution in [0.4, 0.5) is 0 Å². The lowest BCUT2D eigenvalue weighted by Gasteiger charge is -2.28. The van der Waals surface area contributed by atoms with Crippen LogP contribution in [-0.2, 0) is 6.54 Å². The largest absolute Gasteiger partial charge is 0.311 e. The molecule has 0 amide bonds. The third-order valence-electron chi connectivity index (χ3n) is 4.12. The minimum atomic E-state index is 0.574. The molecule has 0 radical (unpaired) electrons. The second-order valence-corrected chi connectivity index (χ2v) is 6.31. The summed E-state index contributed by atoms with van der Waals surface area (Å²) in [7, 11) is 0. The van der Waals surface area contributed by atoms with Crippen LogP contribution in [0.2, 0.25) is 0 Å². The first-order valence-electron chi connectivity index (χ1n) is 7.80. The molecule has 1 aromatic rings. The molecular weight excluding hydrogens is 236 g/mol. The second kappa shape index (κ2) is 7.04. The van der Waals surface area contributed by atoms with Crippen molar-refractivity contribution in [2.24, 2.45) is 11.8 Å². The summed E-state index contributed by atoms with van der Waals surface area (Å²) in [5.41, 5.74) is 1.07. The summed E-state index contributed by atoms with van der Waals surface area (Å²) in [6.07, 6.45) is 8.70. The highest BCUT2D eigenvalue weighted by Gasteiger charge is 2.22. The van der Waals surface area contributed by atoms with Crippen LogP contribution in [0.25, 0.3) is 0 Å². The van der Waals surface area contributed by atoms with Crippen LogP contribution in [0.15, 0.2) is 6.20 Å². The van der Waals surface area contributed by atoms with Gasteiger partial charge < -0.3 is 5.32 Å². The fourth-order valence-corrected chi connectivity index (χ4v) is 2.94. The van der Waals surface area contributed by atoms with E-state index in [1.165, 1.54) is 32.1 Å². The maximum atomic E-state index is 4.33. The van der Waals surface area contributed by atoms with Crippen LogP contribution >= 0.6 is 0 Å². The van der Waals surface area contributed by atoms with Gasteiger partial charge in [-0.25, -0.2) is 4.68 Å². The normalized spacial score (nSPS) is 24.0. The molecule has 2 rings (SSSR count). The average Bonchev–Trinajstić information content (AvgIpc) is 2.87. The number of hydrogen-bond acceptors (Lipinski definition) is 3. The zero-order chi connectivity index (χ0) is 13.7. The SMILES string of the molecule is CCC1CCCC(n2cc(CNCC(C)C)nn2)C1. The Morgan fingerprint density at radius 1 is 1.42 bits per heavy atom. The minimum absolute atomic E-state index is 0.574. The number of rotatable bonds is 6. The third-order valence-corrected chi connectivity index (χ3v) is 4.12. The summed E-state index contributed by atoms with van der Waals surface area (Å²) in [6, 6.07) is 0.574. The average molecular weight is 264 g/mol. The van der Waals surface area contributed by atoms with E-state index in [1.807, 2.05) is 0 Å². The van der Waals surface area contributed by atoms with Crippen molar-refractivity contribution in [1.29, 1.82) is 0 Å². The molecule has 1 aliphatic carbocycles. The smallest absolute Gasteiger partial charge is 0.0964 e. The fraction of sp³-hybridized carbons (Fsp3) is 0.867. The predicted molar refractivity (Wildman–Crippen MR) is 77.9 cm³/mol. The summed E-state index contributed by atoms with van der Waals surface area (Å²) in [5, 5.41) is 12.0. The topological polar surface area (TPSA) is 42.7 Å². The number of aromatic nitrogens is 3. The van der Waals surface area contributed by atoms with Crippen molar-refractivity contribution in [3.8, 4) is 0 Å². The molecule has 0 bridgehead atoms. The van der Waals surface area contributed by atoms with Crippen molar-refractivity contribution in [2.45, 2.75) is 65.5 Å². The number of hydrogen-bond donors (Lipinski definition) is 1. The first kappa shape index (κ1) is 14.5. The Morgan fingerprint density at radius 3 is 3.00 bits per heavy atom. The molecule has 1 fully saturated rings. The zero-order valence-electron chi connectivity index (χ0n) is 12.6. The van der Waals surface area contributed by atoms with Crippen LogP contribution in [0.1, 0.15) is 64.6 Å². The number of nitrogens with zero attached hydrogens (tertiary/aromatic N) is 3. The molecule has 1 aromatic heterocycles. The number of nitrogens with one attached hydrogen (secondary N) is 1. The quantitative estimate of drug-likeness (QED) is 0.858. The van der Waals surface area contributed by atoms with Gasteiger partial charge in [-0.15, -0.1) is 5.10 Å². The molecular formula is C15H28N4. The molecule has 4 heteroatoms. The van der Waals surface area contributed by atoms with Gasteiger partial charge in [0.2, 0.25) is 0 Å². The lowest BCUT2D eigenvalue weighted by Crippen LogP contribution is -2.20. The van der Waals surface area contributed by atoms with Gasteiger partial charge in [0.05, 0.1) is 17.9 Å². The second-order valence-electron chi connectivity index (χ2n) is 6.31. The molecule has 2 unspecified atom stereocenters. The van der Waals surface area contributed by atoms with Gasteiger partial charge >= 0.3 is 0 Å². The Kier molecular flexibility index (Phi) is 5.37. The zero-order valence-corrected chi connectivity index (χ0v) is 12.6. The highest BCUT2D eigenvalue weighted by atomic mass is 15.4. The van der Waals surface area contributed by atoms with E-state index in [2.05, 4.69) is 47.3 Å². The van der Waals surface area contributed by atoms with Gasteiger partial charge in [-0.1, -0.05) is 45.2 Å². The molecule has 108 valence electrons. The summed E-state index contributed by atoms with van der Waals surface area (Å²) < 4.78 is 2.11. The van der Waals surface area contributed by atoms with Crippen molar-refractivity contribution >= 4 is 0 Å². The third kappa shape index (κ3) is 4.30. The van der Waals surface area contributed by atoms with E-state index in [1.54, 1.807) is 0 Å². The van der Waals surface area contributed by atoms with Gasteiger partial charge in [0.25, 0.3) is 0 Å². The van der Waals surface area contributed by atoms with Crippen molar-refractivity contribution in [1.82, 2.24) is 20.3 Å². The van der Waals surface area contributed by atoms with Crippen LogP contribution < -0.4 is 5.32 Å². The minimum Gasteiger partial charge on any atom is -0.311 e. The van der Waals surface area contributed by atoms with Gasteiger partial charge in [0, 0.05) is 6.54 Å². The van der Waals surface area contributed by atoms with Gasteiger partial charge in [-0.2, -0.15) is 0 Å². The van der Waals surface area contributed by atoms with Crippen LogP contribution in [0, 0.1) is 11.8 Å². The van der Waals surface area contributed by atoms with E-state index in [-0.39, 0.29) is 0 Å². The summed E-state index contributed by atoms with van der Waals surface area (Å²) >= 11 is 0. The van der Waals surface area contributed by atoms with E-state index >= 15 is 0 Å². The van der Waals surface area contributed by atoms with E-state index in [0.29, 0.717) is 12.0 Å². The molecule has 19 heavy (non-hydrogen) atoms.